The van der Waals surface area contributed by atoms with Gasteiger partial charge in [0.1, 0.15) is 0 Å². The fourth-order valence-corrected chi connectivity index (χ4v) is 0. The van der Waals surface area contributed by atoms with E-state index in [2.05, 4.69) is 0 Å². The Kier molecular flexibility index (Phi) is 646. The zero-order valence-electron chi connectivity index (χ0n) is 2.58. The molecule has 0 amide bonds. The molecule has 0 aliphatic rings. The van der Waals surface area contributed by atoms with Crippen molar-refractivity contribution in [1.82, 2.24) is 0 Å². The monoisotopic (exact) mass is 106 g/mol. The van der Waals surface area contributed by atoms with Crippen molar-refractivity contribution in [2.45, 2.75) is 0 Å². The summed E-state index contributed by atoms with van der Waals surface area (Å²) in [7, 11) is 0. The molecule has 0 fully saturated rings. The van der Waals surface area contributed by atoms with Gasteiger partial charge in [0, 0.05) is 0 Å². The van der Waals surface area contributed by atoms with Gasteiger partial charge >= 0.3 is 43.1 Å². The van der Waals surface area contributed by atoms with Crippen LogP contribution in [0.1, 0.15) is 0 Å². The average molecular weight is 106 g/mol. The molecule has 5 heavy (non-hydrogen) atoms. The van der Waals surface area contributed by atoms with Gasteiger partial charge in [0.05, 0.1) is 0 Å². The molecular formula is HAlF2MgO. The Morgan fingerprint density at radius 1 is 1.00 bits per heavy atom. The molecule has 0 unspecified atom stereocenters. The summed E-state index contributed by atoms with van der Waals surface area (Å²) in [6.45, 7) is 0. The molecule has 0 aromatic carbocycles. The molecular weight excluding hydrogens is 105 g/mol. The fourth-order valence-electron chi connectivity index (χ4n) is 0. The van der Waals surface area contributed by atoms with Crippen molar-refractivity contribution in [3.05, 3.63) is 0 Å². The van der Waals surface area contributed by atoms with E-state index in [1.165, 1.54) is 0 Å². The van der Waals surface area contributed by atoms with Crippen LogP contribution in [0.5, 0.6) is 0 Å². The molecule has 0 aliphatic heterocycles. The van der Waals surface area contributed by atoms with Gasteiger partial charge in [-0.25, -0.2) is 0 Å². The van der Waals surface area contributed by atoms with E-state index in [0.717, 1.165) is 0 Å². The van der Waals surface area contributed by atoms with Gasteiger partial charge in [0.2, 0.25) is 0 Å². The predicted molar refractivity (Wildman–Crippen MR) is 13.6 cm³/mol. The SMILES string of the molecule is [F-].[F-].[Mg+2].[O]=[AlH]. The second kappa shape index (κ2) is 84.5. The van der Waals surface area contributed by atoms with Crippen molar-refractivity contribution in [2.24, 2.45) is 0 Å². The van der Waals surface area contributed by atoms with E-state index in [0.29, 0.717) is 16.2 Å². The molecule has 0 radical (unpaired) electrons. The van der Waals surface area contributed by atoms with Crippen LogP contribution >= 0.6 is 0 Å². The van der Waals surface area contributed by atoms with Gasteiger partial charge < -0.3 is 9.41 Å². The second-order valence-corrected chi connectivity index (χ2v) is 0. The normalized spacial score (nSPS) is 0.600. The van der Waals surface area contributed by atoms with Gasteiger partial charge in [-0.3, -0.25) is 0 Å². The molecule has 0 aromatic rings. The standard InChI is InChI=1S/Al.2FH.Mg.O.H/h;2*1H;;;/q;;;+2;;/p-2. The quantitative estimate of drug-likeness (QED) is 0.281. The summed E-state index contributed by atoms with van der Waals surface area (Å²) in [5, 5.41) is 0. The van der Waals surface area contributed by atoms with E-state index in [1.807, 2.05) is 0 Å². The van der Waals surface area contributed by atoms with Crippen LogP contribution in [0.15, 0.2) is 0 Å². The first-order chi connectivity index (χ1) is 1.00. The van der Waals surface area contributed by atoms with Crippen molar-refractivity contribution in [3.63, 3.8) is 0 Å². The Hall–Kier alpha value is 0.959. The van der Waals surface area contributed by atoms with E-state index >= 15 is 0 Å². The minimum atomic E-state index is 0. The Labute approximate surface area is 52.6 Å². The van der Waals surface area contributed by atoms with Crippen LogP contribution in [-0.2, 0) is 3.80 Å². The number of halogens is 2. The summed E-state index contributed by atoms with van der Waals surface area (Å²) in [6.07, 6.45) is 0. The maximum atomic E-state index is 8.28. The maximum absolute atomic E-state index is 8.28. The number of hydrogen-bond donors (Lipinski definition) is 0. The zero-order chi connectivity index (χ0) is 2.00. The topological polar surface area (TPSA) is 17.1 Å². The minimum absolute atomic E-state index is 0. The predicted octanol–water partition coefficient (Wildman–Crippen LogP) is -7.14. The fraction of sp³-hybridized carbons (Fsp3) is 0. The van der Waals surface area contributed by atoms with Crippen molar-refractivity contribution in [1.29, 1.82) is 0 Å². The van der Waals surface area contributed by atoms with Crippen LogP contribution in [0.25, 0.3) is 0 Å². The van der Waals surface area contributed by atoms with Crippen LogP contribution in [0.3, 0.4) is 0 Å². The third-order valence-electron chi connectivity index (χ3n) is 0. The summed E-state index contributed by atoms with van der Waals surface area (Å²) in [6, 6.07) is 0. The Morgan fingerprint density at radius 3 is 1.00 bits per heavy atom. The first-order valence-corrected chi connectivity index (χ1v) is 0.866. The van der Waals surface area contributed by atoms with Crippen molar-refractivity contribution in [3.8, 4) is 0 Å². The molecule has 0 rings (SSSR count). The van der Waals surface area contributed by atoms with Crippen LogP contribution in [-0.4, -0.2) is 39.3 Å². The number of hydrogen-bond acceptors (Lipinski definition) is 1. The molecule has 0 saturated carbocycles. The first kappa shape index (κ1) is 38.2. The molecule has 26 valence electrons. The van der Waals surface area contributed by atoms with Crippen LogP contribution < -0.4 is 9.41 Å². The Morgan fingerprint density at radius 2 is 1.00 bits per heavy atom. The molecule has 0 aliphatic carbocycles. The molecule has 0 atom stereocenters. The molecule has 0 N–H and O–H groups in total. The number of rotatable bonds is 0. The molecule has 0 bridgehead atoms. The van der Waals surface area contributed by atoms with Gasteiger partial charge in [-0.1, -0.05) is 0 Å². The van der Waals surface area contributed by atoms with E-state index in [4.69, 9.17) is 3.80 Å². The third-order valence-corrected chi connectivity index (χ3v) is 0. The Balaban J connectivity index is -0.00000000167. The van der Waals surface area contributed by atoms with Gasteiger partial charge in [0.15, 0.2) is 0 Å². The van der Waals surface area contributed by atoms with Crippen molar-refractivity contribution in [2.75, 3.05) is 0 Å². The first-order valence-electron chi connectivity index (χ1n) is 0.289. The molecule has 5 heteroatoms. The molecule has 0 saturated heterocycles. The zero-order valence-corrected chi connectivity index (χ0v) is 5.41. The van der Waals surface area contributed by atoms with Crippen LogP contribution in [0.2, 0.25) is 0 Å². The van der Waals surface area contributed by atoms with E-state index in [1.54, 1.807) is 0 Å². The van der Waals surface area contributed by atoms with E-state index in [9.17, 15) is 0 Å². The van der Waals surface area contributed by atoms with Crippen LogP contribution in [0.4, 0.5) is 0 Å². The van der Waals surface area contributed by atoms with Crippen molar-refractivity contribution >= 4 is 39.3 Å². The van der Waals surface area contributed by atoms with Crippen LogP contribution in [0, 0.1) is 0 Å². The average Bonchev–Trinajstić information content (AvgIpc) is 1.00. The molecule has 1 nitrogen and oxygen atoms in total. The summed E-state index contributed by atoms with van der Waals surface area (Å²) in [4.78, 5) is 0. The van der Waals surface area contributed by atoms with Gasteiger partial charge in [-0.2, -0.15) is 0 Å². The molecule has 0 aromatic heterocycles. The molecule has 0 heterocycles. The van der Waals surface area contributed by atoms with Gasteiger partial charge in [0.25, 0.3) is 0 Å². The van der Waals surface area contributed by atoms with Gasteiger partial charge in [-0.05, 0) is 0 Å². The van der Waals surface area contributed by atoms with Gasteiger partial charge in [-0.15, -0.1) is 0 Å². The molecule has 0 spiro atoms. The second-order valence-electron chi connectivity index (χ2n) is 0. The summed E-state index contributed by atoms with van der Waals surface area (Å²) < 4.78 is 8.28. The third kappa shape index (κ3) is 47.2. The van der Waals surface area contributed by atoms with E-state index < -0.39 is 0 Å². The summed E-state index contributed by atoms with van der Waals surface area (Å²) in [5.74, 6) is 0. The summed E-state index contributed by atoms with van der Waals surface area (Å²) >= 11 is 0.611. The van der Waals surface area contributed by atoms with E-state index in [-0.39, 0.29) is 32.5 Å². The van der Waals surface area contributed by atoms with Crippen molar-refractivity contribution < 1.29 is 13.2 Å². The summed E-state index contributed by atoms with van der Waals surface area (Å²) in [5.41, 5.74) is 0. The Bertz CT molecular complexity index is 9.61.